The fourth-order valence-electron chi connectivity index (χ4n) is 2.83. The first kappa shape index (κ1) is 20.0. The second-order valence-corrected chi connectivity index (χ2v) is 8.00. The van der Waals surface area contributed by atoms with Gasteiger partial charge in [-0.1, -0.05) is 30.3 Å². The van der Waals surface area contributed by atoms with E-state index in [4.69, 9.17) is 5.73 Å². The monoisotopic (exact) mass is 377 g/mol. The average molecular weight is 377 g/mol. The maximum absolute atomic E-state index is 13.1. The van der Waals surface area contributed by atoms with Crippen molar-refractivity contribution in [1.82, 2.24) is 4.31 Å². The highest BCUT2D eigenvalue weighted by molar-refractivity contribution is 7.89. The smallest absolute Gasteiger partial charge is 0.273 e. The molecule has 8 heteroatoms. The van der Waals surface area contributed by atoms with E-state index >= 15 is 0 Å². The van der Waals surface area contributed by atoms with Crippen molar-refractivity contribution in [2.45, 2.75) is 25.2 Å². The van der Waals surface area contributed by atoms with Gasteiger partial charge in [-0.2, -0.15) is 4.31 Å². The summed E-state index contributed by atoms with van der Waals surface area (Å²) in [7, 11) is -3.89. The topological polar surface area (TPSA) is 107 Å². The number of nitrogens with two attached hydrogens (primary N) is 1. The fraction of sp³-hybridized carbons (Fsp3) is 0.333. The van der Waals surface area contributed by atoms with Crippen LogP contribution in [0.2, 0.25) is 0 Å². The molecule has 0 spiro atoms. The minimum atomic E-state index is -3.89. The normalized spacial score (nSPS) is 11.7. The molecule has 0 fully saturated rings. The van der Waals surface area contributed by atoms with Gasteiger partial charge in [0.2, 0.25) is 10.0 Å². The molecule has 2 N–H and O–H groups in total. The minimum absolute atomic E-state index is 0.0451. The Labute approximate surface area is 153 Å². The van der Waals surface area contributed by atoms with E-state index in [9.17, 15) is 18.5 Å². The van der Waals surface area contributed by atoms with Gasteiger partial charge in [-0.05, 0) is 37.5 Å². The van der Waals surface area contributed by atoms with Crippen molar-refractivity contribution in [3.63, 3.8) is 0 Å². The molecule has 26 heavy (non-hydrogen) atoms. The summed E-state index contributed by atoms with van der Waals surface area (Å²) in [6.45, 7) is 3.80. The van der Waals surface area contributed by atoms with Crippen molar-refractivity contribution in [3.05, 3.63) is 69.3 Å². The van der Waals surface area contributed by atoms with Crippen molar-refractivity contribution in [1.29, 1.82) is 0 Å². The van der Waals surface area contributed by atoms with Crippen LogP contribution in [0.3, 0.4) is 0 Å². The van der Waals surface area contributed by atoms with Crippen molar-refractivity contribution >= 4 is 15.7 Å². The van der Waals surface area contributed by atoms with Crippen molar-refractivity contribution in [2.24, 2.45) is 5.73 Å². The van der Waals surface area contributed by atoms with Crippen LogP contribution in [0.5, 0.6) is 0 Å². The van der Waals surface area contributed by atoms with Crippen LogP contribution in [0, 0.1) is 24.0 Å². The Balaban J connectivity index is 2.37. The van der Waals surface area contributed by atoms with E-state index in [1.807, 2.05) is 30.3 Å². The lowest BCUT2D eigenvalue weighted by molar-refractivity contribution is -0.385. The zero-order valence-corrected chi connectivity index (χ0v) is 15.7. The number of sulfonamides is 1. The van der Waals surface area contributed by atoms with E-state index in [0.717, 1.165) is 11.6 Å². The molecule has 2 aromatic carbocycles. The lowest BCUT2D eigenvalue weighted by Crippen LogP contribution is -2.37. The third kappa shape index (κ3) is 4.46. The zero-order chi connectivity index (χ0) is 19.3. The molecule has 0 saturated carbocycles. The van der Waals surface area contributed by atoms with Crippen LogP contribution < -0.4 is 5.73 Å². The van der Waals surface area contributed by atoms with Crippen LogP contribution in [-0.2, 0) is 16.4 Å². The van der Waals surface area contributed by atoms with Gasteiger partial charge in [-0.15, -0.1) is 0 Å². The van der Waals surface area contributed by atoms with E-state index in [-0.39, 0.29) is 30.2 Å². The minimum Gasteiger partial charge on any atom is -0.329 e. The average Bonchev–Trinajstić information content (AvgIpc) is 2.58. The number of aryl methyl sites for hydroxylation is 2. The van der Waals surface area contributed by atoms with Gasteiger partial charge >= 0.3 is 0 Å². The molecule has 0 unspecified atom stereocenters. The largest absolute Gasteiger partial charge is 0.329 e. The van der Waals surface area contributed by atoms with Gasteiger partial charge in [0.25, 0.3) is 5.69 Å². The highest BCUT2D eigenvalue weighted by atomic mass is 32.2. The summed E-state index contributed by atoms with van der Waals surface area (Å²) < 4.78 is 27.5. The Bertz CT molecular complexity index is 883. The molecule has 0 saturated heterocycles. The molecular formula is C18H23N3O4S. The Kier molecular flexibility index (Phi) is 6.47. The van der Waals surface area contributed by atoms with Crippen LogP contribution in [0.25, 0.3) is 0 Å². The SMILES string of the molecule is Cc1cc(C)c(S(=O)(=O)N(CCN)CCc2ccccc2)cc1[N+](=O)[O-]. The number of hydrogen-bond acceptors (Lipinski definition) is 5. The molecule has 7 nitrogen and oxygen atoms in total. The maximum Gasteiger partial charge on any atom is 0.273 e. The molecule has 2 aromatic rings. The summed E-state index contributed by atoms with van der Waals surface area (Å²) >= 11 is 0. The zero-order valence-electron chi connectivity index (χ0n) is 14.9. The summed E-state index contributed by atoms with van der Waals surface area (Å²) in [5.74, 6) is 0. The summed E-state index contributed by atoms with van der Waals surface area (Å²) in [5.41, 5.74) is 7.32. The van der Waals surface area contributed by atoms with Crippen LogP contribution in [0.4, 0.5) is 5.69 Å². The van der Waals surface area contributed by atoms with Crippen LogP contribution in [0.1, 0.15) is 16.7 Å². The molecule has 0 amide bonds. The summed E-state index contributed by atoms with van der Waals surface area (Å²) in [5, 5.41) is 11.2. The van der Waals surface area contributed by atoms with Gasteiger partial charge in [0.1, 0.15) is 0 Å². The first-order valence-corrected chi connectivity index (χ1v) is 9.71. The quantitative estimate of drug-likeness (QED) is 0.561. The molecule has 2 rings (SSSR count). The number of benzene rings is 2. The first-order chi connectivity index (χ1) is 12.3. The Morgan fingerprint density at radius 2 is 1.73 bits per heavy atom. The molecule has 0 aliphatic rings. The molecule has 0 radical (unpaired) electrons. The van der Waals surface area contributed by atoms with Gasteiger partial charge in [0.05, 0.1) is 9.82 Å². The molecule has 0 heterocycles. The number of rotatable bonds is 8. The number of hydrogen-bond donors (Lipinski definition) is 1. The third-order valence-electron chi connectivity index (χ3n) is 4.18. The van der Waals surface area contributed by atoms with Gasteiger partial charge in [0, 0.05) is 31.3 Å². The Morgan fingerprint density at radius 1 is 1.08 bits per heavy atom. The van der Waals surface area contributed by atoms with Gasteiger partial charge in [-0.3, -0.25) is 10.1 Å². The molecule has 0 bridgehead atoms. The molecular weight excluding hydrogens is 354 g/mol. The molecule has 0 aromatic heterocycles. The van der Waals surface area contributed by atoms with Crippen LogP contribution >= 0.6 is 0 Å². The predicted octanol–water partition coefficient (Wildman–Crippen LogP) is 2.40. The van der Waals surface area contributed by atoms with E-state index in [1.165, 1.54) is 10.4 Å². The van der Waals surface area contributed by atoms with Crippen molar-refractivity contribution in [3.8, 4) is 0 Å². The lowest BCUT2D eigenvalue weighted by atomic mass is 10.1. The highest BCUT2D eigenvalue weighted by Gasteiger charge is 2.28. The van der Waals surface area contributed by atoms with Crippen LogP contribution in [-0.4, -0.2) is 37.3 Å². The van der Waals surface area contributed by atoms with Gasteiger partial charge in [0.15, 0.2) is 0 Å². The number of nitrogens with zero attached hydrogens (tertiary/aromatic N) is 2. The van der Waals surface area contributed by atoms with E-state index in [1.54, 1.807) is 13.8 Å². The summed E-state index contributed by atoms with van der Waals surface area (Å²) in [6.07, 6.45) is 0.535. The number of nitro benzene ring substituents is 1. The summed E-state index contributed by atoms with van der Waals surface area (Å²) in [4.78, 5) is 10.6. The van der Waals surface area contributed by atoms with Gasteiger partial charge in [-0.25, -0.2) is 8.42 Å². The Morgan fingerprint density at radius 3 is 2.31 bits per heavy atom. The van der Waals surface area contributed by atoms with Crippen LogP contribution in [0.15, 0.2) is 47.4 Å². The molecule has 0 aliphatic carbocycles. The first-order valence-electron chi connectivity index (χ1n) is 8.27. The molecule has 0 aliphatic heterocycles. The van der Waals surface area contributed by atoms with E-state index < -0.39 is 14.9 Å². The van der Waals surface area contributed by atoms with Crippen molar-refractivity contribution in [2.75, 3.05) is 19.6 Å². The highest BCUT2D eigenvalue weighted by Crippen LogP contribution is 2.28. The second-order valence-electron chi connectivity index (χ2n) is 6.09. The van der Waals surface area contributed by atoms with E-state index in [0.29, 0.717) is 17.5 Å². The second kappa shape index (κ2) is 8.39. The number of nitro groups is 1. The van der Waals surface area contributed by atoms with Crippen molar-refractivity contribution < 1.29 is 13.3 Å². The summed E-state index contributed by atoms with van der Waals surface area (Å²) in [6, 6.07) is 12.2. The third-order valence-corrected chi connectivity index (χ3v) is 6.22. The van der Waals surface area contributed by atoms with E-state index in [2.05, 4.69) is 0 Å². The standard InChI is InChI=1S/C18H23N3O4S/c1-14-12-15(2)18(13-17(14)21(22)23)26(24,25)20(11-9-19)10-8-16-6-4-3-5-7-16/h3-7,12-13H,8-11,19H2,1-2H3. The predicted molar refractivity (Wildman–Crippen MR) is 101 cm³/mol. The Hall–Kier alpha value is -2.29. The fourth-order valence-corrected chi connectivity index (χ4v) is 4.51. The molecule has 140 valence electrons. The van der Waals surface area contributed by atoms with Gasteiger partial charge < -0.3 is 5.73 Å². The lowest BCUT2D eigenvalue weighted by Gasteiger charge is -2.22. The maximum atomic E-state index is 13.1. The molecule has 0 atom stereocenters.